The molecule has 1 aliphatic heterocycles. The lowest BCUT2D eigenvalue weighted by molar-refractivity contribution is -0.128. The summed E-state index contributed by atoms with van der Waals surface area (Å²) in [7, 11) is 0. The number of benzene rings is 1. The highest BCUT2D eigenvalue weighted by atomic mass is 32.1. The SMILES string of the molecule is Cc1c2nc(NCC(=O)N3CCCC3)sc2cc2sc(NC(C)C(N)=O)nc12. The first-order valence-corrected chi connectivity index (χ1v) is 10.8. The van der Waals surface area contributed by atoms with Crippen molar-refractivity contribution in [2.45, 2.75) is 32.7 Å². The Balaban J connectivity index is 1.55. The van der Waals surface area contributed by atoms with Crippen LogP contribution in [0.2, 0.25) is 0 Å². The maximum Gasteiger partial charge on any atom is 0.241 e. The fourth-order valence-corrected chi connectivity index (χ4v) is 5.34. The topological polar surface area (TPSA) is 113 Å². The molecule has 1 fully saturated rings. The van der Waals surface area contributed by atoms with Crippen LogP contribution in [0.1, 0.15) is 25.3 Å². The molecule has 1 unspecified atom stereocenters. The predicted molar refractivity (Wildman–Crippen MR) is 114 cm³/mol. The standard InChI is InChI=1S/C18H22N6O2S2/c1-9-14-11(7-12-15(9)23-18(28-12)21-10(2)16(19)26)27-17(22-14)20-8-13(25)24-5-3-4-6-24/h7,10H,3-6,8H2,1-2H3,(H2,19,26)(H,20,22)(H,21,23). The Morgan fingerprint density at radius 3 is 2.43 bits per heavy atom. The van der Waals surface area contributed by atoms with E-state index < -0.39 is 11.9 Å². The Kier molecular flexibility index (Phi) is 5.07. The molecule has 0 bridgehead atoms. The number of fused-ring (bicyclic) bond motifs is 2. The van der Waals surface area contributed by atoms with E-state index in [9.17, 15) is 9.59 Å². The van der Waals surface area contributed by atoms with Crippen LogP contribution in [0.5, 0.6) is 0 Å². The highest BCUT2D eigenvalue weighted by molar-refractivity contribution is 7.24. The largest absolute Gasteiger partial charge is 0.368 e. The van der Waals surface area contributed by atoms with Crippen molar-refractivity contribution in [2.24, 2.45) is 5.73 Å². The zero-order valence-corrected chi connectivity index (χ0v) is 17.4. The van der Waals surface area contributed by atoms with Gasteiger partial charge in [0.05, 0.1) is 27.0 Å². The average Bonchev–Trinajstić information content (AvgIpc) is 3.39. The van der Waals surface area contributed by atoms with Crippen molar-refractivity contribution < 1.29 is 9.59 Å². The number of carbonyl (C=O) groups is 2. The number of nitrogens with one attached hydrogen (secondary N) is 2. The second-order valence-corrected chi connectivity index (χ2v) is 9.00. The number of nitrogens with two attached hydrogens (primary N) is 1. The van der Waals surface area contributed by atoms with E-state index in [1.54, 1.807) is 6.92 Å². The molecular formula is C18H22N6O2S2. The second-order valence-electron chi connectivity index (χ2n) is 6.94. The maximum absolute atomic E-state index is 12.2. The van der Waals surface area contributed by atoms with Crippen molar-refractivity contribution in [3.8, 4) is 0 Å². The van der Waals surface area contributed by atoms with E-state index in [-0.39, 0.29) is 12.5 Å². The Morgan fingerprint density at radius 1 is 1.18 bits per heavy atom. The third-order valence-electron chi connectivity index (χ3n) is 4.90. The molecule has 2 aromatic heterocycles. The highest BCUT2D eigenvalue weighted by Gasteiger charge is 2.19. The van der Waals surface area contributed by atoms with Gasteiger partial charge in [-0.25, -0.2) is 9.97 Å². The fraction of sp³-hybridized carbons (Fsp3) is 0.444. The van der Waals surface area contributed by atoms with Gasteiger partial charge in [0.25, 0.3) is 0 Å². The van der Waals surface area contributed by atoms with Crippen LogP contribution < -0.4 is 16.4 Å². The van der Waals surface area contributed by atoms with Gasteiger partial charge in [0.1, 0.15) is 6.04 Å². The fourth-order valence-electron chi connectivity index (χ4n) is 3.25. The lowest BCUT2D eigenvalue weighted by atomic mass is 10.2. The molecular weight excluding hydrogens is 396 g/mol. The molecule has 0 spiro atoms. The van der Waals surface area contributed by atoms with Gasteiger partial charge in [-0.2, -0.15) is 0 Å². The predicted octanol–water partition coefficient (Wildman–Crippen LogP) is 2.53. The summed E-state index contributed by atoms with van der Waals surface area (Å²) in [6.45, 7) is 5.68. The van der Waals surface area contributed by atoms with Crippen molar-refractivity contribution in [3.63, 3.8) is 0 Å². The molecule has 0 radical (unpaired) electrons. The summed E-state index contributed by atoms with van der Waals surface area (Å²) in [4.78, 5) is 34.6. The lowest BCUT2D eigenvalue weighted by Crippen LogP contribution is -2.32. The number of amides is 2. The number of aryl methyl sites for hydroxylation is 1. The number of aromatic nitrogens is 2. The molecule has 1 saturated heterocycles. The van der Waals surface area contributed by atoms with Crippen molar-refractivity contribution >= 4 is 65.2 Å². The van der Waals surface area contributed by atoms with Gasteiger partial charge in [0.2, 0.25) is 11.8 Å². The number of likely N-dealkylation sites (tertiary alicyclic amines) is 1. The van der Waals surface area contributed by atoms with Crippen LogP contribution in [-0.4, -0.2) is 52.4 Å². The average molecular weight is 419 g/mol. The summed E-state index contributed by atoms with van der Waals surface area (Å²) in [6, 6.07) is 1.57. The minimum atomic E-state index is -0.482. The van der Waals surface area contributed by atoms with Gasteiger partial charge in [-0.1, -0.05) is 22.7 Å². The Bertz CT molecular complexity index is 1050. The minimum Gasteiger partial charge on any atom is -0.368 e. The zero-order chi connectivity index (χ0) is 19.8. The Morgan fingerprint density at radius 2 is 1.79 bits per heavy atom. The monoisotopic (exact) mass is 418 g/mol. The number of hydrogen-bond donors (Lipinski definition) is 3. The number of thiazole rings is 2. The first-order chi connectivity index (χ1) is 13.4. The number of nitrogens with zero attached hydrogens (tertiary/aromatic N) is 3. The van der Waals surface area contributed by atoms with E-state index in [2.05, 4.69) is 26.7 Å². The summed E-state index contributed by atoms with van der Waals surface area (Å²) < 4.78 is 2.06. The summed E-state index contributed by atoms with van der Waals surface area (Å²) in [5.74, 6) is -0.298. The molecule has 0 aliphatic carbocycles. The molecule has 148 valence electrons. The molecule has 0 saturated carbocycles. The molecule has 1 atom stereocenters. The summed E-state index contributed by atoms with van der Waals surface area (Å²) >= 11 is 3.01. The van der Waals surface area contributed by atoms with Gasteiger partial charge >= 0.3 is 0 Å². The van der Waals surface area contributed by atoms with Crippen LogP contribution in [0.3, 0.4) is 0 Å². The van der Waals surface area contributed by atoms with Crippen molar-refractivity contribution in [1.82, 2.24) is 14.9 Å². The van der Waals surface area contributed by atoms with Crippen LogP contribution in [0.4, 0.5) is 10.3 Å². The normalized spacial score (nSPS) is 15.3. The highest BCUT2D eigenvalue weighted by Crippen LogP contribution is 2.37. The van der Waals surface area contributed by atoms with Crippen LogP contribution in [0, 0.1) is 6.92 Å². The number of anilines is 2. The lowest BCUT2D eigenvalue weighted by Gasteiger charge is -2.14. The third-order valence-corrected chi connectivity index (χ3v) is 6.79. The second kappa shape index (κ2) is 7.51. The number of rotatable bonds is 6. The maximum atomic E-state index is 12.2. The Hall–Kier alpha value is -2.46. The molecule has 1 aliphatic rings. The minimum absolute atomic E-state index is 0.121. The molecule has 10 heteroatoms. The molecule has 1 aromatic carbocycles. The smallest absolute Gasteiger partial charge is 0.241 e. The van der Waals surface area contributed by atoms with Gasteiger partial charge < -0.3 is 21.3 Å². The number of carbonyl (C=O) groups excluding carboxylic acids is 2. The van der Waals surface area contributed by atoms with E-state index in [0.717, 1.165) is 57.1 Å². The first kappa shape index (κ1) is 18.9. The van der Waals surface area contributed by atoms with Crippen LogP contribution in [0.15, 0.2) is 6.07 Å². The molecule has 4 N–H and O–H groups in total. The van der Waals surface area contributed by atoms with Crippen molar-refractivity contribution in [2.75, 3.05) is 30.3 Å². The molecule has 2 amide bonds. The summed E-state index contributed by atoms with van der Waals surface area (Å²) in [6.07, 6.45) is 2.18. The van der Waals surface area contributed by atoms with E-state index in [0.29, 0.717) is 5.13 Å². The molecule has 3 aromatic rings. The van der Waals surface area contributed by atoms with E-state index in [1.165, 1.54) is 22.7 Å². The summed E-state index contributed by atoms with van der Waals surface area (Å²) in [5.41, 5.74) is 8.04. The molecule has 28 heavy (non-hydrogen) atoms. The van der Waals surface area contributed by atoms with Gasteiger partial charge in [-0.3, -0.25) is 9.59 Å². The first-order valence-electron chi connectivity index (χ1n) is 9.20. The Labute approximate surface area is 170 Å². The zero-order valence-electron chi connectivity index (χ0n) is 15.7. The quantitative estimate of drug-likeness (QED) is 0.567. The van der Waals surface area contributed by atoms with Crippen LogP contribution >= 0.6 is 22.7 Å². The van der Waals surface area contributed by atoms with Gasteiger partial charge in [0, 0.05) is 18.7 Å². The van der Waals surface area contributed by atoms with Gasteiger partial charge in [0.15, 0.2) is 10.3 Å². The third kappa shape index (κ3) is 3.61. The van der Waals surface area contributed by atoms with Crippen LogP contribution in [-0.2, 0) is 9.59 Å². The number of hydrogen-bond acceptors (Lipinski definition) is 8. The van der Waals surface area contributed by atoms with Crippen molar-refractivity contribution in [3.05, 3.63) is 11.6 Å². The van der Waals surface area contributed by atoms with Crippen molar-refractivity contribution in [1.29, 1.82) is 0 Å². The molecule has 8 nitrogen and oxygen atoms in total. The van der Waals surface area contributed by atoms with E-state index in [4.69, 9.17) is 5.73 Å². The number of primary amides is 1. The van der Waals surface area contributed by atoms with E-state index >= 15 is 0 Å². The van der Waals surface area contributed by atoms with Crippen LogP contribution in [0.25, 0.3) is 20.4 Å². The molecule has 3 heterocycles. The van der Waals surface area contributed by atoms with Gasteiger partial charge in [-0.15, -0.1) is 0 Å². The summed E-state index contributed by atoms with van der Waals surface area (Å²) in [5, 5.41) is 7.61. The molecule has 4 rings (SSSR count). The van der Waals surface area contributed by atoms with E-state index in [1.807, 2.05) is 11.8 Å². The van der Waals surface area contributed by atoms with Gasteiger partial charge in [-0.05, 0) is 32.8 Å².